The Morgan fingerprint density at radius 3 is 2.62 bits per heavy atom. The molecule has 2 aromatic carbocycles. The maximum absolute atomic E-state index is 13.0. The lowest BCUT2D eigenvalue weighted by molar-refractivity contribution is -0.125. The number of carbonyl (C=O) groups is 2. The normalized spacial score (nSPS) is 16.8. The van der Waals surface area contributed by atoms with E-state index in [0.29, 0.717) is 0 Å². The van der Waals surface area contributed by atoms with Gasteiger partial charge in [-0.25, -0.2) is 0 Å². The van der Waals surface area contributed by atoms with E-state index in [9.17, 15) is 9.59 Å². The summed E-state index contributed by atoms with van der Waals surface area (Å²) in [5, 5.41) is 3.11. The zero-order valence-corrected chi connectivity index (χ0v) is 15.2. The Balaban J connectivity index is 1.94. The lowest BCUT2D eigenvalue weighted by Crippen LogP contribution is -2.29. The zero-order chi connectivity index (χ0) is 18.3. The number of aryl methyl sites for hydroxylation is 1. The number of nitrogens with one attached hydrogen (secondary N) is 1. The molecule has 0 aromatic heterocycles. The third-order valence-electron chi connectivity index (χ3n) is 5.38. The average molecular weight is 349 g/mol. The van der Waals surface area contributed by atoms with Crippen LogP contribution >= 0.6 is 0 Å². The van der Waals surface area contributed by atoms with Crippen LogP contribution in [0.2, 0.25) is 0 Å². The number of hydrogen-bond donors (Lipinski definition) is 1. The van der Waals surface area contributed by atoms with E-state index in [2.05, 4.69) is 11.4 Å². The van der Waals surface area contributed by atoms with Crippen molar-refractivity contribution in [3.8, 4) is 0 Å². The lowest BCUT2D eigenvalue weighted by Gasteiger charge is -2.29. The van der Waals surface area contributed by atoms with E-state index < -0.39 is 0 Å². The van der Waals surface area contributed by atoms with Crippen LogP contribution in [-0.4, -0.2) is 25.9 Å². The summed E-state index contributed by atoms with van der Waals surface area (Å²) in [7, 11) is 3.64. The maximum atomic E-state index is 13.0. The number of amides is 2. The van der Waals surface area contributed by atoms with Crippen molar-refractivity contribution in [1.29, 1.82) is 0 Å². The minimum atomic E-state index is -0.190. The fourth-order valence-corrected chi connectivity index (χ4v) is 4.02. The van der Waals surface area contributed by atoms with Crippen molar-refractivity contribution >= 4 is 34.6 Å². The van der Waals surface area contributed by atoms with Gasteiger partial charge in [-0.1, -0.05) is 12.1 Å². The van der Waals surface area contributed by atoms with E-state index >= 15 is 0 Å². The monoisotopic (exact) mass is 349 g/mol. The van der Waals surface area contributed by atoms with Gasteiger partial charge in [0.15, 0.2) is 0 Å². The highest BCUT2D eigenvalue weighted by Gasteiger charge is 2.33. The number of hydrogen-bond acceptors (Lipinski definition) is 3. The van der Waals surface area contributed by atoms with Crippen molar-refractivity contribution in [3.05, 3.63) is 47.5 Å². The van der Waals surface area contributed by atoms with Crippen LogP contribution in [0, 0.1) is 0 Å². The molecule has 1 heterocycles. The van der Waals surface area contributed by atoms with Gasteiger partial charge < -0.3 is 10.2 Å². The van der Waals surface area contributed by atoms with Crippen LogP contribution in [-0.2, 0) is 22.4 Å². The smallest absolute Gasteiger partial charge is 0.241 e. The predicted octanol–water partition coefficient (Wildman–Crippen LogP) is 3.64. The van der Waals surface area contributed by atoms with E-state index in [0.717, 1.165) is 42.0 Å². The Labute approximate surface area is 153 Å². The maximum Gasteiger partial charge on any atom is 0.241 e. The number of anilines is 4. The minimum absolute atomic E-state index is 0.121. The van der Waals surface area contributed by atoms with Crippen molar-refractivity contribution in [2.75, 3.05) is 29.2 Å². The van der Waals surface area contributed by atoms with Gasteiger partial charge in [-0.15, -0.1) is 0 Å². The van der Waals surface area contributed by atoms with Crippen molar-refractivity contribution in [3.63, 3.8) is 0 Å². The van der Waals surface area contributed by atoms with Gasteiger partial charge in [-0.2, -0.15) is 0 Å². The highest BCUT2D eigenvalue weighted by Crippen LogP contribution is 2.43. The first-order valence-electron chi connectivity index (χ1n) is 9.12. The number of carbonyl (C=O) groups excluding carboxylic acids is 2. The number of benzene rings is 2. The second kappa shape index (κ2) is 6.48. The van der Waals surface area contributed by atoms with Gasteiger partial charge in [0.25, 0.3) is 0 Å². The third-order valence-corrected chi connectivity index (χ3v) is 5.38. The summed E-state index contributed by atoms with van der Waals surface area (Å²) in [6.45, 7) is 0. The molecule has 0 fully saturated rings. The zero-order valence-electron chi connectivity index (χ0n) is 15.2. The predicted molar refractivity (Wildman–Crippen MR) is 104 cm³/mol. The molecule has 0 atom stereocenters. The molecule has 2 aromatic rings. The van der Waals surface area contributed by atoms with Gasteiger partial charge in [0.1, 0.15) is 6.42 Å². The molecule has 26 heavy (non-hydrogen) atoms. The van der Waals surface area contributed by atoms with Crippen molar-refractivity contribution < 1.29 is 9.59 Å². The molecule has 1 aliphatic carbocycles. The largest absolute Gasteiger partial charge is 0.388 e. The SMILES string of the molecule is CNc1cccc(N2C(=O)CC(=O)N(C)c3c2ccc2c3CCCC2)c1. The van der Waals surface area contributed by atoms with Crippen molar-refractivity contribution in [2.45, 2.75) is 32.1 Å². The van der Waals surface area contributed by atoms with Crippen LogP contribution in [0.25, 0.3) is 0 Å². The lowest BCUT2D eigenvalue weighted by atomic mass is 9.89. The summed E-state index contributed by atoms with van der Waals surface area (Å²) in [5.41, 5.74) is 5.92. The molecule has 0 unspecified atom stereocenters. The summed E-state index contributed by atoms with van der Waals surface area (Å²) in [4.78, 5) is 29.0. The van der Waals surface area contributed by atoms with Crippen molar-refractivity contribution in [1.82, 2.24) is 0 Å². The Kier molecular flexibility index (Phi) is 4.15. The van der Waals surface area contributed by atoms with Gasteiger partial charge in [0, 0.05) is 19.8 Å². The topological polar surface area (TPSA) is 52.7 Å². The third kappa shape index (κ3) is 2.64. The van der Waals surface area contributed by atoms with Crippen LogP contribution in [0.1, 0.15) is 30.4 Å². The fraction of sp³-hybridized carbons (Fsp3) is 0.333. The molecule has 0 radical (unpaired) electrons. The fourth-order valence-electron chi connectivity index (χ4n) is 4.02. The second-order valence-corrected chi connectivity index (χ2v) is 6.94. The van der Waals surface area contributed by atoms with Gasteiger partial charge in [0.2, 0.25) is 11.8 Å². The molecule has 2 aliphatic rings. The molecule has 4 rings (SSSR count). The van der Waals surface area contributed by atoms with Crippen LogP contribution in [0.5, 0.6) is 0 Å². The Hall–Kier alpha value is -2.82. The molecule has 2 amide bonds. The molecular formula is C21H23N3O2. The summed E-state index contributed by atoms with van der Waals surface area (Å²) in [6, 6.07) is 11.9. The number of nitrogens with zero attached hydrogens (tertiary/aromatic N) is 2. The molecule has 1 N–H and O–H groups in total. The number of fused-ring (bicyclic) bond motifs is 3. The molecular weight excluding hydrogens is 326 g/mol. The first-order valence-corrected chi connectivity index (χ1v) is 9.12. The van der Waals surface area contributed by atoms with Crippen molar-refractivity contribution in [2.24, 2.45) is 0 Å². The Morgan fingerprint density at radius 2 is 1.81 bits per heavy atom. The van der Waals surface area contributed by atoms with Crippen LogP contribution in [0.4, 0.5) is 22.7 Å². The summed E-state index contributed by atoms with van der Waals surface area (Å²) in [6.07, 6.45) is 4.16. The van der Waals surface area contributed by atoms with E-state index in [4.69, 9.17) is 0 Å². The standard InChI is InChI=1S/C21H23N3O2/c1-22-15-7-5-8-16(12-15)24-18-11-10-14-6-3-4-9-17(14)21(18)23(2)19(25)13-20(24)26/h5,7-8,10-12,22H,3-4,6,9,13H2,1-2H3. The highest BCUT2D eigenvalue weighted by atomic mass is 16.2. The van der Waals surface area contributed by atoms with Crippen LogP contribution in [0.15, 0.2) is 36.4 Å². The van der Waals surface area contributed by atoms with Gasteiger partial charge in [-0.05, 0) is 61.1 Å². The van der Waals surface area contributed by atoms with E-state index in [1.54, 1.807) is 16.8 Å². The van der Waals surface area contributed by atoms with Gasteiger partial charge in [-0.3, -0.25) is 14.5 Å². The Bertz CT molecular complexity index is 891. The minimum Gasteiger partial charge on any atom is -0.388 e. The molecule has 5 nitrogen and oxygen atoms in total. The average Bonchev–Trinajstić information content (AvgIpc) is 2.76. The molecule has 0 saturated carbocycles. The highest BCUT2D eigenvalue weighted by molar-refractivity contribution is 6.18. The van der Waals surface area contributed by atoms with Crippen LogP contribution in [0.3, 0.4) is 0 Å². The molecule has 1 aliphatic heterocycles. The molecule has 0 bridgehead atoms. The molecule has 0 saturated heterocycles. The second-order valence-electron chi connectivity index (χ2n) is 6.94. The van der Waals surface area contributed by atoms with E-state index in [-0.39, 0.29) is 18.2 Å². The molecule has 0 spiro atoms. The summed E-state index contributed by atoms with van der Waals surface area (Å²) in [5.74, 6) is -0.341. The first-order chi connectivity index (χ1) is 12.6. The van der Waals surface area contributed by atoms with E-state index in [1.165, 1.54) is 17.5 Å². The number of rotatable bonds is 2. The van der Waals surface area contributed by atoms with E-state index in [1.807, 2.05) is 37.4 Å². The Morgan fingerprint density at radius 1 is 1.00 bits per heavy atom. The van der Waals surface area contributed by atoms with Crippen LogP contribution < -0.4 is 15.1 Å². The van der Waals surface area contributed by atoms with Gasteiger partial charge in [0.05, 0.1) is 17.1 Å². The summed E-state index contributed by atoms with van der Waals surface area (Å²) >= 11 is 0. The van der Waals surface area contributed by atoms with Gasteiger partial charge >= 0.3 is 0 Å². The quantitative estimate of drug-likeness (QED) is 0.842. The summed E-state index contributed by atoms with van der Waals surface area (Å²) < 4.78 is 0. The molecule has 5 heteroatoms. The first kappa shape index (κ1) is 16.6. The molecule has 134 valence electrons.